The summed E-state index contributed by atoms with van der Waals surface area (Å²) >= 11 is 0. The molecular formula is C15H19N5O2. The highest BCUT2D eigenvalue weighted by Gasteiger charge is 2.12. The van der Waals surface area contributed by atoms with Gasteiger partial charge in [0.2, 0.25) is 11.8 Å². The van der Waals surface area contributed by atoms with E-state index in [9.17, 15) is 4.79 Å². The van der Waals surface area contributed by atoms with Crippen molar-refractivity contribution in [3.8, 4) is 0 Å². The van der Waals surface area contributed by atoms with Gasteiger partial charge in [-0.15, -0.1) is 16.8 Å². The fraction of sp³-hybridized carbons (Fsp3) is 0.267. The van der Waals surface area contributed by atoms with Gasteiger partial charge in [0.05, 0.1) is 0 Å². The van der Waals surface area contributed by atoms with Crippen molar-refractivity contribution in [1.82, 2.24) is 15.5 Å². The minimum absolute atomic E-state index is 0.101. The second-order valence-electron chi connectivity index (χ2n) is 4.73. The average Bonchev–Trinajstić information content (AvgIpc) is 2.94. The molecule has 0 unspecified atom stereocenters. The van der Waals surface area contributed by atoms with Crippen LogP contribution in [0.15, 0.2) is 41.3 Å². The van der Waals surface area contributed by atoms with E-state index in [1.54, 1.807) is 13.0 Å². The van der Waals surface area contributed by atoms with Gasteiger partial charge in [-0.05, 0) is 31.2 Å². The Morgan fingerprint density at radius 2 is 2.00 bits per heavy atom. The maximum atomic E-state index is 11.5. The van der Waals surface area contributed by atoms with Gasteiger partial charge in [-0.3, -0.25) is 0 Å². The van der Waals surface area contributed by atoms with Gasteiger partial charge < -0.3 is 20.4 Å². The van der Waals surface area contributed by atoms with E-state index in [0.717, 1.165) is 5.69 Å². The van der Waals surface area contributed by atoms with E-state index in [1.165, 1.54) is 0 Å². The number of urea groups is 1. The first-order valence-electron chi connectivity index (χ1n) is 6.91. The average molecular weight is 301 g/mol. The van der Waals surface area contributed by atoms with Crippen LogP contribution in [0.25, 0.3) is 0 Å². The Labute approximate surface area is 128 Å². The van der Waals surface area contributed by atoms with Crippen LogP contribution in [0.1, 0.15) is 24.7 Å². The lowest BCUT2D eigenvalue weighted by atomic mass is 10.2. The first-order valence-corrected chi connectivity index (χ1v) is 6.91. The Morgan fingerprint density at radius 1 is 1.32 bits per heavy atom. The van der Waals surface area contributed by atoms with Gasteiger partial charge in [0.1, 0.15) is 6.04 Å². The lowest BCUT2D eigenvalue weighted by Crippen LogP contribution is -2.28. The van der Waals surface area contributed by atoms with Gasteiger partial charge in [-0.1, -0.05) is 6.08 Å². The summed E-state index contributed by atoms with van der Waals surface area (Å²) in [5.41, 5.74) is 1.59. The lowest BCUT2D eigenvalue weighted by molar-refractivity contribution is 0.253. The van der Waals surface area contributed by atoms with E-state index in [1.807, 2.05) is 31.2 Å². The summed E-state index contributed by atoms with van der Waals surface area (Å²) in [6, 6.07) is 6.97. The molecule has 0 aliphatic rings. The van der Waals surface area contributed by atoms with E-state index >= 15 is 0 Å². The minimum atomic E-state index is -0.268. The quantitative estimate of drug-likeness (QED) is 0.713. The Balaban J connectivity index is 1.91. The number of anilines is 2. The number of carbonyl (C=O) groups is 1. The van der Waals surface area contributed by atoms with Gasteiger partial charge in [-0.2, -0.15) is 0 Å². The number of nitrogens with zero attached hydrogens (tertiary/aromatic N) is 2. The van der Waals surface area contributed by atoms with Crippen LogP contribution < -0.4 is 16.0 Å². The molecule has 0 aliphatic heterocycles. The Morgan fingerprint density at radius 3 is 2.59 bits per heavy atom. The Hall–Kier alpha value is -2.83. The molecule has 7 heteroatoms. The van der Waals surface area contributed by atoms with Crippen LogP contribution in [-0.2, 0) is 0 Å². The molecule has 0 saturated carbocycles. The topological polar surface area (TPSA) is 92.1 Å². The first kappa shape index (κ1) is 15.6. The van der Waals surface area contributed by atoms with Crippen LogP contribution in [0, 0.1) is 6.92 Å². The van der Waals surface area contributed by atoms with Crippen LogP contribution >= 0.6 is 0 Å². The van der Waals surface area contributed by atoms with Crippen LogP contribution in [0.3, 0.4) is 0 Å². The molecule has 0 bridgehead atoms. The number of benzene rings is 1. The van der Waals surface area contributed by atoms with Crippen molar-refractivity contribution >= 4 is 17.4 Å². The number of carbonyl (C=O) groups excluding carboxylic acids is 1. The highest BCUT2D eigenvalue weighted by atomic mass is 16.4. The van der Waals surface area contributed by atoms with Crippen molar-refractivity contribution in [2.75, 3.05) is 17.2 Å². The standard InChI is InChI=1S/C15H19N5O2/c1-4-9-16-15(21)18-13-7-5-12(6-8-13)17-10(2)14-20-19-11(3)22-14/h4-8,10,17H,1,9H2,2-3H3,(H2,16,18,21)/t10-/m0/s1. The van der Waals surface area contributed by atoms with Crippen LogP contribution in [0.2, 0.25) is 0 Å². The third kappa shape index (κ3) is 4.34. The zero-order chi connectivity index (χ0) is 15.9. The molecule has 2 rings (SSSR count). The highest BCUT2D eigenvalue weighted by molar-refractivity contribution is 5.89. The molecule has 7 nitrogen and oxygen atoms in total. The number of nitrogens with one attached hydrogen (secondary N) is 3. The summed E-state index contributed by atoms with van der Waals surface area (Å²) in [6.07, 6.45) is 1.62. The molecule has 116 valence electrons. The predicted octanol–water partition coefficient (Wildman–Crippen LogP) is 2.86. The maximum Gasteiger partial charge on any atom is 0.319 e. The zero-order valence-corrected chi connectivity index (χ0v) is 12.6. The molecule has 1 aromatic carbocycles. The Bertz CT molecular complexity index is 636. The van der Waals surface area contributed by atoms with Crippen LogP contribution in [0.4, 0.5) is 16.2 Å². The third-order valence-electron chi connectivity index (χ3n) is 2.84. The fourth-order valence-corrected chi connectivity index (χ4v) is 1.79. The van der Waals surface area contributed by atoms with Gasteiger partial charge in [0, 0.05) is 24.8 Å². The normalized spacial score (nSPS) is 11.5. The number of amides is 2. The second-order valence-corrected chi connectivity index (χ2v) is 4.73. The van der Waals surface area contributed by atoms with Crippen molar-refractivity contribution < 1.29 is 9.21 Å². The van der Waals surface area contributed by atoms with E-state index < -0.39 is 0 Å². The van der Waals surface area contributed by atoms with Crippen molar-refractivity contribution in [1.29, 1.82) is 0 Å². The number of rotatable bonds is 6. The largest absolute Gasteiger partial charge is 0.423 e. The molecular weight excluding hydrogens is 282 g/mol. The minimum Gasteiger partial charge on any atom is -0.423 e. The molecule has 0 fully saturated rings. The van der Waals surface area contributed by atoms with E-state index in [0.29, 0.717) is 24.0 Å². The monoisotopic (exact) mass is 301 g/mol. The van der Waals surface area contributed by atoms with Crippen molar-refractivity contribution in [2.24, 2.45) is 0 Å². The van der Waals surface area contributed by atoms with E-state index in [2.05, 4.69) is 32.7 Å². The first-order chi connectivity index (χ1) is 10.6. The second kappa shape index (κ2) is 7.26. The predicted molar refractivity (Wildman–Crippen MR) is 84.7 cm³/mol. The van der Waals surface area contributed by atoms with Crippen LogP contribution in [-0.4, -0.2) is 22.8 Å². The summed E-state index contributed by atoms with van der Waals surface area (Å²) in [5.74, 6) is 1.07. The molecule has 3 N–H and O–H groups in total. The fourth-order valence-electron chi connectivity index (χ4n) is 1.79. The molecule has 2 amide bonds. The third-order valence-corrected chi connectivity index (χ3v) is 2.84. The zero-order valence-electron chi connectivity index (χ0n) is 12.6. The smallest absolute Gasteiger partial charge is 0.319 e. The molecule has 1 aromatic heterocycles. The summed E-state index contributed by atoms with van der Waals surface area (Å²) < 4.78 is 5.37. The summed E-state index contributed by atoms with van der Waals surface area (Å²) in [6.45, 7) is 7.64. The van der Waals surface area contributed by atoms with Gasteiger partial charge in [0.25, 0.3) is 0 Å². The molecule has 22 heavy (non-hydrogen) atoms. The van der Waals surface area contributed by atoms with Gasteiger partial charge in [-0.25, -0.2) is 4.79 Å². The van der Waals surface area contributed by atoms with Crippen molar-refractivity contribution in [3.05, 3.63) is 48.7 Å². The molecule has 1 atom stereocenters. The summed E-state index contributed by atoms with van der Waals surface area (Å²) in [7, 11) is 0. The van der Waals surface area contributed by atoms with E-state index in [-0.39, 0.29) is 12.1 Å². The lowest BCUT2D eigenvalue weighted by Gasteiger charge is -2.12. The maximum absolute atomic E-state index is 11.5. The highest BCUT2D eigenvalue weighted by Crippen LogP contribution is 2.20. The molecule has 0 radical (unpaired) electrons. The molecule has 2 aromatic rings. The summed E-state index contributed by atoms with van der Waals surface area (Å²) in [5, 5.41) is 16.4. The molecule has 0 aliphatic carbocycles. The van der Waals surface area contributed by atoms with Crippen LogP contribution in [0.5, 0.6) is 0 Å². The molecule has 0 saturated heterocycles. The molecule has 0 spiro atoms. The van der Waals surface area contributed by atoms with Gasteiger partial charge >= 0.3 is 6.03 Å². The number of hydrogen-bond acceptors (Lipinski definition) is 5. The SMILES string of the molecule is C=CCNC(=O)Nc1ccc(N[C@@H](C)c2nnc(C)o2)cc1. The van der Waals surface area contributed by atoms with E-state index in [4.69, 9.17) is 4.42 Å². The number of aryl methyl sites for hydroxylation is 1. The van der Waals surface area contributed by atoms with Crippen molar-refractivity contribution in [2.45, 2.75) is 19.9 Å². The van der Waals surface area contributed by atoms with Crippen molar-refractivity contribution in [3.63, 3.8) is 0 Å². The van der Waals surface area contributed by atoms with Gasteiger partial charge in [0.15, 0.2) is 0 Å². The summed E-state index contributed by atoms with van der Waals surface area (Å²) in [4.78, 5) is 11.5. The molecule has 1 heterocycles. The Kier molecular flexibility index (Phi) is 5.13. The number of hydrogen-bond donors (Lipinski definition) is 3. The number of aromatic nitrogens is 2.